The summed E-state index contributed by atoms with van der Waals surface area (Å²) in [5, 5.41) is 5.55. The summed E-state index contributed by atoms with van der Waals surface area (Å²) in [6.45, 7) is 2.36. The molecule has 20 heavy (non-hydrogen) atoms. The highest BCUT2D eigenvalue weighted by molar-refractivity contribution is 5.93. The summed E-state index contributed by atoms with van der Waals surface area (Å²) in [4.78, 5) is 4.15. The number of benzene rings is 2. The summed E-state index contributed by atoms with van der Waals surface area (Å²) in [6.07, 6.45) is 3.62. The number of nitrogens with one attached hydrogen (secondary N) is 1. The van der Waals surface area contributed by atoms with Crippen LogP contribution in [-0.2, 0) is 6.54 Å². The molecule has 0 radical (unpaired) electrons. The van der Waals surface area contributed by atoms with Gasteiger partial charge >= 0.3 is 0 Å². The van der Waals surface area contributed by atoms with Crippen molar-refractivity contribution >= 4 is 16.5 Å². The van der Waals surface area contributed by atoms with Crippen LogP contribution < -0.4 is 5.32 Å². The molecule has 0 aliphatic heterocycles. The van der Waals surface area contributed by atoms with Gasteiger partial charge in [-0.1, -0.05) is 24.3 Å². The lowest BCUT2D eigenvalue weighted by atomic mass is 10.1. The van der Waals surface area contributed by atoms with E-state index < -0.39 is 0 Å². The maximum absolute atomic E-state index is 13.5. The molecule has 3 rings (SSSR count). The number of fused-ring (bicyclic) bond motifs is 1. The SMILES string of the molecule is Cc1ccc(CNc2cccc3ccncc23)cc1F. The largest absolute Gasteiger partial charge is 0.380 e. The van der Waals surface area contributed by atoms with Crippen LogP contribution in [0.3, 0.4) is 0 Å². The average molecular weight is 266 g/mol. The maximum Gasteiger partial charge on any atom is 0.126 e. The number of pyridine rings is 1. The lowest BCUT2D eigenvalue weighted by Crippen LogP contribution is -2.01. The number of aryl methyl sites for hydroxylation is 1. The van der Waals surface area contributed by atoms with E-state index in [0.29, 0.717) is 12.1 Å². The van der Waals surface area contributed by atoms with Crippen LogP contribution in [-0.4, -0.2) is 4.98 Å². The van der Waals surface area contributed by atoms with Gasteiger partial charge in [0.15, 0.2) is 0 Å². The maximum atomic E-state index is 13.5. The molecular formula is C17H15FN2. The van der Waals surface area contributed by atoms with Crippen LogP contribution in [0.4, 0.5) is 10.1 Å². The van der Waals surface area contributed by atoms with Crippen LogP contribution >= 0.6 is 0 Å². The third kappa shape index (κ3) is 2.48. The number of nitrogens with zero attached hydrogens (tertiary/aromatic N) is 1. The fourth-order valence-electron chi connectivity index (χ4n) is 2.21. The van der Waals surface area contributed by atoms with Crippen LogP contribution in [0, 0.1) is 12.7 Å². The van der Waals surface area contributed by atoms with Gasteiger partial charge in [-0.05, 0) is 41.6 Å². The first-order chi connectivity index (χ1) is 9.74. The molecule has 1 heterocycles. The number of hydrogen-bond acceptors (Lipinski definition) is 2. The first-order valence-corrected chi connectivity index (χ1v) is 6.56. The summed E-state index contributed by atoms with van der Waals surface area (Å²) in [7, 11) is 0. The second-order valence-electron chi connectivity index (χ2n) is 4.84. The van der Waals surface area contributed by atoms with E-state index in [1.807, 2.05) is 36.5 Å². The van der Waals surface area contributed by atoms with E-state index in [1.54, 1.807) is 25.3 Å². The van der Waals surface area contributed by atoms with Gasteiger partial charge in [-0.25, -0.2) is 4.39 Å². The van der Waals surface area contributed by atoms with Gasteiger partial charge in [-0.15, -0.1) is 0 Å². The molecule has 0 saturated carbocycles. The van der Waals surface area contributed by atoms with E-state index in [-0.39, 0.29) is 5.82 Å². The predicted molar refractivity (Wildman–Crippen MR) is 80.2 cm³/mol. The van der Waals surface area contributed by atoms with E-state index >= 15 is 0 Å². The summed E-state index contributed by atoms with van der Waals surface area (Å²) >= 11 is 0. The molecular weight excluding hydrogens is 251 g/mol. The average Bonchev–Trinajstić information content (AvgIpc) is 2.48. The highest BCUT2D eigenvalue weighted by atomic mass is 19.1. The molecule has 0 unspecified atom stereocenters. The molecule has 1 N–H and O–H groups in total. The van der Waals surface area contributed by atoms with Crippen molar-refractivity contribution in [1.82, 2.24) is 4.98 Å². The molecule has 0 amide bonds. The lowest BCUT2D eigenvalue weighted by molar-refractivity contribution is 0.616. The molecule has 0 atom stereocenters. The van der Waals surface area contributed by atoms with Gasteiger partial charge in [0.25, 0.3) is 0 Å². The molecule has 2 aromatic carbocycles. The van der Waals surface area contributed by atoms with Gasteiger partial charge in [0, 0.05) is 30.0 Å². The zero-order chi connectivity index (χ0) is 13.9. The topological polar surface area (TPSA) is 24.9 Å². The highest BCUT2D eigenvalue weighted by Crippen LogP contribution is 2.22. The van der Waals surface area contributed by atoms with Gasteiger partial charge in [0.2, 0.25) is 0 Å². The molecule has 0 saturated heterocycles. The molecule has 100 valence electrons. The number of anilines is 1. The Labute approximate surface area is 117 Å². The standard InChI is InChI=1S/C17H15FN2/c1-12-5-6-13(9-16(12)18)10-20-17-4-2-3-14-7-8-19-11-15(14)17/h2-9,11,20H,10H2,1H3. The minimum absolute atomic E-state index is 0.163. The van der Waals surface area contributed by atoms with Crippen LogP contribution in [0.15, 0.2) is 54.9 Å². The first-order valence-electron chi connectivity index (χ1n) is 6.56. The highest BCUT2D eigenvalue weighted by Gasteiger charge is 2.02. The van der Waals surface area contributed by atoms with Crippen molar-refractivity contribution in [2.45, 2.75) is 13.5 Å². The van der Waals surface area contributed by atoms with E-state index in [1.165, 1.54) is 0 Å². The van der Waals surface area contributed by atoms with Gasteiger partial charge in [0.1, 0.15) is 5.82 Å². The van der Waals surface area contributed by atoms with Crippen molar-refractivity contribution < 1.29 is 4.39 Å². The van der Waals surface area contributed by atoms with Crippen molar-refractivity contribution in [2.24, 2.45) is 0 Å². The van der Waals surface area contributed by atoms with E-state index in [4.69, 9.17) is 0 Å². The monoisotopic (exact) mass is 266 g/mol. The second-order valence-corrected chi connectivity index (χ2v) is 4.84. The Morgan fingerprint density at radius 3 is 2.90 bits per heavy atom. The van der Waals surface area contributed by atoms with Gasteiger partial charge in [-0.3, -0.25) is 4.98 Å². The lowest BCUT2D eigenvalue weighted by Gasteiger charge is -2.10. The van der Waals surface area contributed by atoms with Crippen molar-refractivity contribution in [1.29, 1.82) is 0 Å². The third-order valence-corrected chi connectivity index (χ3v) is 3.40. The summed E-state index contributed by atoms with van der Waals surface area (Å²) in [6, 6.07) is 13.4. The van der Waals surface area contributed by atoms with Gasteiger partial charge < -0.3 is 5.32 Å². The quantitative estimate of drug-likeness (QED) is 0.764. The van der Waals surface area contributed by atoms with Crippen molar-refractivity contribution in [3.8, 4) is 0 Å². The molecule has 0 spiro atoms. The van der Waals surface area contributed by atoms with Crippen molar-refractivity contribution in [2.75, 3.05) is 5.32 Å². The zero-order valence-corrected chi connectivity index (χ0v) is 11.2. The molecule has 3 aromatic rings. The third-order valence-electron chi connectivity index (χ3n) is 3.40. The first kappa shape index (κ1) is 12.6. The van der Waals surface area contributed by atoms with Crippen molar-refractivity contribution in [3.05, 3.63) is 71.8 Å². The Hall–Kier alpha value is -2.42. The number of halogens is 1. The van der Waals surface area contributed by atoms with Gasteiger partial charge in [0.05, 0.1) is 0 Å². The fraction of sp³-hybridized carbons (Fsp3) is 0.118. The molecule has 1 aromatic heterocycles. The van der Waals surface area contributed by atoms with E-state index in [0.717, 1.165) is 22.0 Å². The normalized spacial score (nSPS) is 10.7. The van der Waals surface area contributed by atoms with Crippen LogP contribution in [0.25, 0.3) is 10.8 Å². The molecule has 0 bridgehead atoms. The van der Waals surface area contributed by atoms with E-state index in [2.05, 4.69) is 10.3 Å². The zero-order valence-electron chi connectivity index (χ0n) is 11.2. The summed E-state index contributed by atoms with van der Waals surface area (Å²) in [5.41, 5.74) is 2.61. The smallest absolute Gasteiger partial charge is 0.126 e. The Balaban J connectivity index is 1.85. The molecule has 0 aliphatic rings. The second kappa shape index (κ2) is 5.29. The number of aromatic nitrogens is 1. The van der Waals surface area contributed by atoms with Crippen molar-refractivity contribution in [3.63, 3.8) is 0 Å². The molecule has 0 fully saturated rings. The van der Waals surface area contributed by atoms with Crippen LogP contribution in [0.1, 0.15) is 11.1 Å². The predicted octanol–water partition coefficient (Wildman–Crippen LogP) is 4.29. The Bertz CT molecular complexity index is 748. The molecule has 3 heteroatoms. The summed E-state index contributed by atoms with van der Waals surface area (Å²) in [5.74, 6) is -0.163. The Kier molecular flexibility index (Phi) is 3.33. The van der Waals surface area contributed by atoms with Crippen LogP contribution in [0.5, 0.6) is 0 Å². The molecule has 0 aliphatic carbocycles. The Morgan fingerprint density at radius 2 is 2.05 bits per heavy atom. The van der Waals surface area contributed by atoms with Gasteiger partial charge in [-0.2, -0.15) is 0 Å². The van der Waals surface area contributed by atoms with Crippen LogP contribution in [0.2, 0.25) is 0 Å². The van der Waals surface area contributed by atoms with E-state index in [9.17, 15) is 4.39 Å². The Morgan fingerprint density at radius 1 is 1.15 bits per heavy atom. The summed E-state index contributed by atoms with van der Waals surface area (Å²) < 4.78 is 13.5. The fourth-order valence-corrected chi connectivity index (χ4v) is 2.21. The number of hydrogen-bond donors (Lipinski definition) is 1. The minimum atomic E-state index is -0.163. The molecule has 2 nitrogen and oxygen atoms in total. The minimum Gasteiger partial charge on any atom is -0.380 e. The number of rotatable bonds is 3.